The van der Waals surface area contributed by atoms with Gasteiger partial charge in [0.25, 0.3) is 5.91 Å². The van der Waals surface area contributed by atoms with Crippen molar-refractivity contribution in [3.05, 3.63) is 28.5 Å². The molecule has 0 atom stereocenters. The van der Waals surface area contributed by atoms with Crippen molar-refractivity contribution in [2.45, 2.75) is 51.4 Å². The SMILES string of the molecule is O=C(NCC12CC3CC(CC(C3)C1)C2)c1cc(CCCNCCO)ncc1Cl. The zero-order chi connectivity index (χ0) is 19.6. The monoisotopic (exact) mass is 405 g/mol. The van der Waals surface area contributed by atoms with E-state index in [-0.39, 0.29) is 12.5 Å². The van der Waals surface area contributed by atoms with Gasteiger partial charge in [0.1, 0.15) is 0 Å². The molecule has 0 radical (unpaired) electrons. The normalized spacial score (nSPS) is 30.6. The third kappa shape index (κ3) is 4.52. The summed E-state index contributed by atoms with van der Waals surface area (Å²) in [6, 6.07) is 1.84. The van der Waals surface area contributed by atoms with E-state index in [0.29, 0.717) is 22.5 Å². The number of nitrogens with one attached hydrogen (secondary N) is 2. The van der Waals surface area contributed by atoms with Gasteiger partial charge in [0, 0.05) is 25.0 Å². The lowest BCUT2D eigenvalue weighted by Crippen LogP contribution is -2.51. The minimum absolute atomic E-state index is 0.0669. The minimum Gasteiger partial charge on any atom is -0.395 e. The lowest BCUT2D eigenvalue weighted by atomic mass is 9.49. The average molecular weight is 406 g/mol. The lowest BCUT2D eigenvalue weighted by molar-refractivity contribution is -0.0503. The molecule has 28 heavy (non-hydrogen) atoms. The Bertz CT molecular complexity index is 674. The van der Waals surface area contributed by atoms with Gasteiger partial charge in [0.2, 0.25) is 0 Å². The first-order valence-corrected chi connectivity index (χ1v) is 11.2. The van der Waals surface area contributed by atoms with E-state index in [1.165, 1.54) is 38.5 Å². The van der Waals surface area contributed by atoms with Crippen LogP contribution in [0.4, 0.5) is 0 Å². The summed E-state index contributed by atoms with van der Waals surface area (Å²) in [5.74, 6) is 2.60. The lowest BCUT2D eigenvalue weighted by Gasteiger charge is -2.56. The van der Waals surface area contributed by atoms with Gasteiger partial charge in [-0.3, -0.25) is 9.78 Å². The summed E-state index contributed by atoms with van der Waals surface area (Å²) in [5, 5.41) is 15.6. The van der Waals surface area contributed by atoms with Crippen LogP contribution in [0.1, 0.15) is 61.0 Å². The Labute approximate surface area is 172 Å². The fourth-order valence-electron chi connectivity index (χ4n) is 6.26. The number of aromatic nitrogens is 1. The maximum absolute atomic E-state index is 12.9. The molecule has 4 bridgehead atoms. The molecule has 0 aliphatic heterocycles. The molecule has 1 aromatic rings. The summed E-state index contributed by atoms with van der Waals surface area (Å²) in [7, 11) is 0. The van der Waals surface area contributed by atoms with Crippen LogP contribution in [0.15, 0.2) is 12.3 Å². The van der Waals surface area contributed by atoms with E-state index in [0.717, 1.165) is 49.4 Å². The topological polar surface area (TPSA) is 74.2 Å². The predicted molar refractivity (Wildman–Crippen MR) is 110 cm³/mol. The highest BCUT2D eigenvalue weighted by Crippen LogP contribution is 2.59. The first kappa shape index (κ1) is 20.1. The summed E-state index contributed by atoms with van der Waals surface area (Å²) >= 11 is 6.28. The number of aryl methyl sites for hydroxylation is 1. The highest BCUT2D eigenvalue weighted by Gasteiger charge is 2.50. The van der Waals surface area contributed by atoms with Crippen molar-refractivity contribution in [3.63, 3.8) is 0 Å². The molecule has 4 saturated carbocycles. The minimum atomic E-state index is -0.0669. The molecule has 0 spiro atoms. The fraction of sp³-hybridized carbons (Fsp3) is 0.727. The Morgan fingerprint density at radius 2 is 1.86 bits per heavy atom. The molecular weight excluding hydrogens is 374 g/mol. The largest absolute Gasteiger partial charge is 0.395 e. The Hall–Kier alpha value is -1.17. The second-order valence-corrected chi connectivity index (χ2v) is 9.74. The van der Waals surface area contributed by atoms with Gasteiger partial charge in [-0.25, -0.2) is 0 Å². The number of aliphatic hydroxyl groups is 1. The van der Waals surface area contributed by atoms with E-state index >= 15 is 0 Å². The maximum Gasteiger partial charge on any atom is 0.252 e. The zero-order valence-electron chi connectivity index (χ0n) is 16.6. The highest BCUT2D eigenvalue weighted by atomic mass is 35.5. The molecule has 0 aromatic carbocycles. The molecule has 1 heterocycles. The van der Waals surface area contributed by atoms with E-state index in [9.17, 15) is 4.79 Å². The number of nitrogens with zero attached hydrogens (tertiary/aromatic N) is 1. The van der Waals surface area contributed by atoms with Crippen molar-refractivity contribution in [2.24, 2.45) is 23.2 Å². The molecule has 6 heteroatoms. The van der Waals surface area contributed by atoms with Gasteiger partial charge >= 0.3 is 0 Å². The van der Waals surface area contributed by atoms with Gasteiger partial charge in [0.05, 0.1) is 17.2 Å². The van der Waals surface area contributed by atoms with Crippen LogP contribution >= 0.6 is 11.6 Å². The quantitative estimate of drug-likeness (QED) is 0.551. The van der Waals surface area contributed by atoms with Crippen LogP contribution < -0.4 is 10.6 Å². The Kier molecular flexibility index (Phi) is 6.24. The average Bonchev–Trinajstić information content (AvgIpc) is 2.66. The van der Waals surface area contributed by atoms with Crippen LogP contribution in [-0.4, -0.2) is 42.2 Å². The van der Waals surface area contributed by atoms with Crippen LogP contribution in [0.5, 0.6) is 0 Å². The van der Waals surface area contributed by atoms with Crippen LogP contribution in [-0.2, 0) is 6.42 Å². The number of hydrogen-bond donors (Lipinski definition) is 3. The number of carbonyl (C=O) groups is 1. The van der Waals surface area contributed by atoms with Gasteiger partial charge in [-0.1, -0.05) is 11.6 Å². The molecule has 154 valence electrons. The van der Waals surface area contributed by atoms with Gasteiger partial charge in [0.15, 0.2) is 0 Å². The number of pyridine rings is 1. The molecule has 0 saturated heterocycles. The van der Waals surface area contributed by atoms with E-state index in [4.69, 9.17) is 16.7 Å². The summed E-state index contributed by atoms with van der Waals surface area (Å²) in [6.45, 7) is 2.35. The Balaban J connectivity index is 1.33. The van der Waals surface area contributed by atoms with Gasteiger partial charge < -0.3 is 15.7 Å². The van der Waals surface area contributed by atoms with Gasteiger partial charge in [-0.05, 0) is 87.1 Å². The van der Waals surface area contributed by atoms with Crippen molar-refractivity contribution < 1.29 is 9.90 Å². The second kappa shape index (κ2) is 8.68. The van der Waals surface area contributed by atoms with E-state index in [1.807, 2.05) is 6.07 Å². The van der Waals surface area contributed by atoms with E-state index in [2.05, 4.69) is 15.6 Å². The molecule has 4 fully saturated rings. The molecule has 5 rings (SSSR count). The van der Waals surface area contributed by atoms with E-state index < -0.39 is 0 Å². The predicted octanol–water partition coefficient (Wildman–Crippen LogP) is 3.20. The molecule has 1 amide bonds. The number of hydrogen-bond acceptors (Lipinski definition) is 4. The molecule has 4 aliphatic rings. The van der Waals surface area contributed by atoms with Crippen LogP contribution in [0.3, 0.4) is 0 Å². The van der Waals surface area contributed by atoms with Gasteiger partial charge in [-0.15, -0.1) is 0 Å². The Morgan fingerprint density at radius 3 is 2.50 bits per heavy atom. The molecule has 0 unspecified atom stereocenters. The van der Waals surface area contributed by atoms with Crippen molar-refractivity contribution in [2.75, 3.05) is 26.2 Å². The smallest absolute Gasteiger partial charge is 0.252 e. The summed E-state index contributed by atoms with van der Waals surface area (Å²) in [6.07, 6.45) is 11.4. The van der Waals surface area contributed by atoms with Crippen LogP contribution in [0, 0.1) is 23.2 Å². The third-order valence-electron chi connectivity index (χ3n) is 7.02. The summed E-state index contributed by atoms with van der Waals surface area (Å²) < 4.78 is 0. The van der Waals surface area contributed by atoms with Crippen molar-refractivity contribution in [1.29, 1.82) is 0 Å². The molecule has 1 aromatic heterocycles. The highest BCUT2D eigenvalue weighted by molar-refractivity contribution is 6.33. The summed E-state index contributed by atoms with van der Waals surface area (Å²) in [4.78, 5) is 17.2. The first-order chi connectivity index (χ1) is 13.6. The van der Waals surface area contributed by atoms with Crippen molar-refractivity contribution in [1.82, 2.24) is 15.6 Å². The molecular formula is C22H32ClN3O2. The maximum atomic E-state index is 12.9. The molecule has 5 nitrogen and oxygen atoms in total. The van der Waals surface area contributed by atoms with Gasteiger partial charge in [-0.2, -0.15) is 0 Å². The third-order valence-corrected chi connectivity index (χ3v) is 7.32. The number of amides is 1. The van der Waals surface area contributed by atoms with Crippen molar-refractivity contribution in [3.8, 4) is 0 Å². The Morgan fingerprint density at radius 1 is 1.18 bits per heavy atom. The fourth-order valence-corrected chi connectivity index (χ4v) is 6.45. The summed E-state index contributed by atoms with van der Waals surface area (Å²) in [5.41, 5.74) is 1.75. The van der Waals surface area contributed by atoms with E-state index in [1.54, 1.807) is 6.20 Å². The van der Waals surface area contributed by atoms with Crippen molar-refractivity contribution >= 4 is 17.5 Å². The van der Waals surface area contributed by atoms with Crippen LogP contribution in [0.2, 0.25) is 5.02 Å². The number of halogens is 1. The zero-order valence-corrected chi connectivity index (χ0v) is 17.3. The number of rotatable bonds is 9. The standard InChI is InChI=1S/C22H32ClN3O2/c23-20-13-25-18(2-1-3-24-4-5-27)9-19(20)21(28)26-14-22-10-15-6-16(11-22)8-17(7-15)12-22/h9,13,15-17,24,27H,1-8,10-12,14H2,(H,26,28). The molecule has 4 aliphatic carbocycles. The number of carbonyl (C=O) groups excluding carboxylic acids is 1. The number of aliphatic hydroxyl groups excluding tert-OH is 1. The first-order valence-electron chi connectivity index (χ1n) is 10.8. The second-order valence-electron chi connectivity index (χ2n) is 9.33. The van der Waals surface area contributed by atoms with Crippen LogP contribution in [0.25, 0.3) is 0 Å². The molecule has 3 N–H and O–H groups in total.